The molecule has 78 valence electrons. The third-order valence-corrected chi connectivity index (χ3v) is 2.26. The van der Waals surface area contributed by atoms with Gasteiger partial charge in [0, 0.05) is 18.7 Å². The Morgan fingerprint density at radius 1 is 1.31 bits per heavy atom. The smallest absolute Gasteiger partial charge is 0.267 e. The molecule has 0 N–H and O–H groups in total. The van der Waals surface area contributed by atoms with Crippen molar-refractivity contribution in [2.45, 2.75) is 0 Å². The Hall–Kier alpha value is -2.41. The molecule has 4 heteroatoms. The summed E-state index contributed by atoms with van der Waals surface area (Å²) < 4.78 is 1.23. The highest BCUT2D eigenvalue weighted by molar-refractivity contribution is 5.65. The Morgan fingerprint density at radius 2 is 2.00 bits per heavy atom. The Morgan fingerprint density at radius 3 is 2.62 bits per heavy atom. The number of hydrogen-bond acceptors (Lipinski definition) is 3. The van der Waals surface area contributed by atoms with Crippen molar-refractivity contribution in [2.75, 3.05) is 0 Å². The zero-order valence-electron chi connectivity index (χ0n) is 8.71. The third kappa shape index (κ3) is 1.71. The first-order chi connectivity index (χ1) is 7.72. The first-order valence-corrected chi connectivity index (χ1v) is 4.76. The van der Waals surface area contributed by atoms with Gasteiger partial charge in [0.25, 0.3) is 5.56 Å². The van der Waals surface area contributed by atoms with Crippen LogP contribution in [0, 0.1) is 11.3 Å². The van der Waals surface area contributed by atoms with E-state index in [9.17, 15) is 4.79 Å². The topological polar surface area (TPSA) is 58.7 Å². The maximum Gasteiger partial charge on any atom is 0.267 e. The minimum Gasteiger partial charge on any atom is -0.268 e. The summed E-state index contributed by atoms with van der Waals surface area (Å²) in [5, 5.41) is 13.1. The molecule has 1 aromatic carbocycles. The van der Waals surface area contributed by atoms with E-state index >= 15 is 0 Å². The van der Waals surface area contributed by atoms with Crippen LogP contribution in [0.1, 0.15) is 5.56 Å². The maximum atomic E-state index is 11.3. The molecule has 0 fully saturated rings. The van der Waals surface area contributed by atoms with Crippen LogP contribution in [-0.2, 0) is 7.05 Å². The highest BCUT2D eigenvalue weighted by Crippen LogP contribution is 2.18. The monoisotopic (exact) mass is 211 g/mol. The van der Waals surface area contributed by atoms with Crippen LogP contribution >= 0.6 is 0 Å². The molecule has 0 aliphatic carbocycles. The number of nitrogens with zero attached hydrogens (tertiary/aromatic N) is 3. The van der Waals surface area contributed by atoms with Crippen LogP contribution < -0.4 is 5.56 Å². The van der Waals surface area contributed by atoms with Gasteiger partial charge in [0.2, 0.25) is 0 Å². The molecule has 1 heterocycles. The van der Waals surface area contributed by atoms with Gasteiger partial charge in [-0.15, -0.1) is 0 Å². The predicted octanol–water partition coefficient (Wildman–Crippen LogP) is 1.32. The molecule has 0 bridgehead atoms. The van der Waals surface area contributed by atoms with E-state index in [0.717, 1.165) is 5.56 Å². The standard InChI is InChI=1S/C12H9N3O/c1-15-11(16)7-10(8-13)12(14-15)9-5-3-2-4-6-9/h2-7H,1H3. The minimum atomic E-state index is -0.281. The Kier molecular flexibility index (Phi) is 2.52. The fourth-order valence-electron chi connectivity index (χ4n) is 1.43. The fraction of sp³-hybridized carbons (Fsp3) is 0.0833. The van der Waals surface area contributed by atoms with Crippen LogP contribution in [0.4, 0.5) is 0 Å². The third-order valence-electron chi connectivity index (χ3n) is 2.26. The van der Waals surface area contributed by atoms with Crippen molar-refractivity contribution in [2.24, 2.45) is 7.05 Å². The van der Waals surface area contributed by atoms with Crippen LogP contribution in [-0.4, -0.2) is 9.78 Å². The SMILES string of the molecule is Cn1nc(-c2ccccc2)c(C#N)cc1=O. The van der Waals surface area contributed by atoms with E-state index in [1.165, 1.54) is 10.7 Å². The van der Waals surface area contributed by atoms with Crippen molar-refractivity contribution < 1.29 is 0 Å². The molecule has 0 aliphatic heterocycles. The Balaban J connectivity index is 2.71. The first-order valence-electron chi connectivity index (χ1n) is 4.76. The van der Waals surface area contributed by atoms with Crippen LogP contribution in [0.25, 0.3) is 11.3 Å². The quantitative estimate of drug-likeness (QED) is 0.714. The van der Waals surface area contributed by atoms with Gasteiger partial charge in [-0.05, 0) is 0 Å². The van der Waals surface area contributed by atoms with Crippen molar-refractivity contribution in [1.82, 2.24) is 9.78 Å². The molecule has 4 nitrogen and oxygen atoms in total. The predicted molar refractivity (Wildman–Crippen MR) is 59.6 cm³/mol. The average Bonchev–Trinajstić information content (AvgIpc) is 2.33. The van der Waals surface area contributed by atoms with Crippen molar-refractivity contribution in [3.8, 4) is 17.3 Å². The van der Waals surface area contributed by atoms with E-state index in [1.807, 2.05) is 36.4 Å². The molecule has 0 radical (unpaired) electrons. The lowest BCUT2D eigenvalue weighted by Gasteiger charge is -2.04. The van der Waals surface area contributed by atoms with Gasteiger partial charge in [-0.2, -0.15) is 10.4 Å². The van der Waals surface area contributed by atoms with Gasteiger partial charge in [0.1, 0.15) is 11.8 Å². The van der Waals surface area contributed by atoms with Gasteiger partial charge in [0.15, 0.2) is 0 Å². The molecule has 2 aromatic rings. The molecule has 0 unspecified atom stereocenters. The van der Waals surface area contributed by atoms with Gasteiger partial charge in [0.05, 0.1) is 5.56 Å². The molecular weight excluding hydrogens is 202 g/mol. The molecule has 0 spiro atoms. The zero-order valence-corrected chi connectivity index (χ0v) is 8.71. The highest BCUT2D eigenvalue weighted by atomic mass is 16.1. The highest BCUT2D eigenvalue weighted by Gasteiger charge is 2.08. The van der Waals surface area contributed by atoms with Gasteiger partial charge < -0.3 is 0 Å². The second-order valence-electron chi connectivity index (χ2n) is 3.35. The Bertz CT molecular complexity index is 608. The van der Waals surface area contributed by atoms with Gasteiger partial charge in [-0.3, -0.25) is 4.79 Å². The summed E-state index contributed by atoms with van der Waals surface area (Å²) in [6.07, 6.45) is 0. The molecule has 1 aromatic heterocycles. The first kappa shape index (κ1) is 10.1. The fourth-order valence-corrected chi connectivity index (χ4v) is 1.43. The average molecular weight is 211 g/mol. The molecule has 16 heavy (non-hydrogen) atoms. The number of rotatable bonds is 1. The number of hydrogen-bond donors (Lipinski definition) is 0. The molecular formula is C12H9N3O. The molecule has 0 atom stereocenters. The lowest BCUT2D eigenvalue weighted by molar-refractivity contribution is 0.710. The van der Waals surface area contributed by atoms with E-state index in [-0.39, 0.29) is 5.56 Å². The molecule has 0 amide bonds. The number of aromatic nitrogens is 2. The van der Waals surface area contributed by atoms with E-state index in [2.05, 4.69) is 5.10 Å². The number of nitriles is 1. The second kappa shape index (κ2) is 3.99. The van der Waals surface area contributed by atoms with Gasteiger partial charge in [-0.1, -0.05) is 30.3 Å². The summed E-state index contributed by atoms with van der Waals surface area (Å²) in [6.45, 7) is 0. The van der Waals surface area contributed by atoms with E-state index < -0.39 is 0 Å². The number of benzene rings is 1. The van der Waals surface area contributed by atoms with Crippen molar-refractivity contribution >= 4 is 0 Å². The molecule has 2 rings (SSSR count). The summed E-state index contributed by atoms with van der Waals surface area (Å²) in [4.78, 5) is 11.3. The minimum absolute atomic E-state index is 0.281. The Labute approximate surface area is 92.4 Å². The summed E-state index contributed by atoms with van der Waals surface area (Å²) >= 11 is 0. The zero-order chi connectivity index (χ0) is 11.5. The normalized spacial score (nSPS) is 9.75. The molecule has 0 aliphatic rings. The van der Waals surface area contributed by atoms with Crippen LogP contribution in [0.3, 0.4) is 0 Å². The lowest BCUT2D eigenvalue weighted by atomic mass is 10.1. The largest absolute Gasteiger partial charge is 0.268 e. The van der Waals surface area contributed by atoms with E-state index in [4.69, 9.17) is 5.26 Å². The summed E-state index contributed by atoms with van der Waals surface area (Å²) in [6, 6.07) is 12.6. The van der Waals surface area contributed by atoms with Crippen LogP contribution in [0.5, 0.6) is 0 Å². The second-order valence-corrected chi connectivity index (χ2v) is 3.35. The van der Waals surface area contributed by atoms with E-state index in [0.29, 0.717) is 11.3 Å². The lowest BCUT2D eigenvalue weighted by Crippen LogP contribution is -2.20. The van der Waals surface area contributed by atoms with Crippen LogP contribution in [0.15, 0.2) is 41.2 Å². The summed E-state index contributed by atoms with van der Waals surface area (Å²) in [5.41, 5.74) is 1.38. The van der Waals surface area contributed by atoms with Gasteiger partial charge >= 0.3 is 0 Å². The van der Waals surface area contributed by atoms with Crippen molar-refractivity contribution in [1.29, 1.82) is 5.26 Å². The van der Waals surface area contributed by atoms with Crippen molar-refractivity contribution in [3.63, 3.8) is 0 Å². The summed E-state index contributed by atoms with van der Waals surface area (Å²) in [5.74, 6) is 0. The number of aryl methyl sites for hydroxylation is 1. The van der Waals surface area contributed by atoms with E-state index in [1.54, 1.807) is 7.05 Å². The molecule has 0 saturated heterocycles. The summed E-state index contributed by atoms with van der Waals surface area (Å²) in [7, 11) is 1.57. The van der Waals surface area contributed by atoms with Crippen molar-refractivity contribution in [3.05, 3.63) is 52.3 Å². The molecule has 0 saturated carbocycles. The van der Waals surface area contributed by atoms with Gasteiger partial charge in [-0.25, -0.2) is 4.68 Å². The maximum absolute atomic E-state index is 11.3. The van der Waals surface area contributed by atoms with Crippen LogP contribution in [0.2, 0.25) is 0 Å².